The third-order valence-electron chi connectivity index (χ3n) is 4.03. The molecule has 1 aliphatic rings. The number of benzene rings is 1. The van der Waals surface area contributed by atoms with Gasteiger partial charge in [-0.15, -0.1) is 5.46 Å². The van der Waals surface area contributed by atoms with Crippen LogP contribution in [0.4, 0.5) is 23.4 Å². The van der Waals surface area contributed by atoms with Gasteiger partial charge in [-0.3, -0.25) is 4.79 Å². The zero-order valence-electron chi connectivity index (χ0n) is 15.5. The van der Waals surface area contributed by atoms with Gasteiger partial charge in [0.05, 0.1) is 6.42 Å². The SMILES string of the molecule is CC(C)(C)OC(=O)N1CCN(c2cc(CC(=O)O)cc([B-](F)(F)F)c2)CC1. The summed E-state index contributed by atoms with van der Waals surface area (Å²) in [5.74, 6) is -1.19. The minimum Gasteiger partial charge on any atom is -0.481 e. The lowest BCUT2D eigenvalue weighted by atomic mass is 9.78. The first kappa shape index (κ1) is 20.9. The number of hydrogen-bond acceptors (Lipinski definition) is 4. The zero-order chi connectivity index (χ0) is 20.4. The van der Waals surface area contributed by atoms with Crippen molar-refractivity contribution in [3.05, 3.63) is 23.8 Å². The highest BCUT2D eigenvalue weighted by atomic mass is 19.4. The minimum atomic E-state index is -5.25. The molecule has 2 rings (SSSR count). The Morgan fingerprint density at radius 1 is 1.11 bits per heavy atom. The number of nitrogens with zero attached hydrogens (tertiary/aromatic N) is 2. The Morgan fingerprint density at radius 2 is 1.70 bits per heavy atom. The fraction of sp³-hybridized carbons (Fsp3) is 0.529. The van der Waals surface area contributed by atoms with Crippen molar-refractivity contribution in [1.82, 2.24) is 4.90 Å². The molecule has 0 atom stereocenters. The van der Waals surface area contributed by atoms with Gasteiger partial charge in [-0.2, -0.15) is 0 Å². The summed E-state index contributed by atoms with van der Waals surface area (Å²) in [5, 5.41) is 8.90. The van der Waals surface area contributed by atoms with Crippen LogP contribution in [0, 0.1) is 0 Å². The lowest BCUT2D eigenvalue weighted by Crippen LogP contribution is -2.50. The molecular weight excluding hydrogens is 364 g/mol. The quantitative estimate of drug-likeness (QED) is 0.804. The number of carbonyl (C=O) groups is 2. The van der Waals surface area contributed by atoms with Gasteiger partial charge in [0.25, 0.3) is 0 Å². The van der Waals surface area contributed by atoms with Crippen LogP contribution >= 0.6 is 0 Å². The van der Waals surface area contributed by atoms with Gasteiger partial charge >= 0.3 is 19.0 Å². The van der Waals surface area contributed by atoms with Gasteiger partial charge in [0.15, 0.2) is 0 Å². The molecule has 1 aromatic carbocycles. The molecule has 6 nitrogen and oxygen atoms in total. The van der Waals surface area contributed by atoms with Gasteiger partial charge in [-0.05, 0) is 32.4 Å². The van der Waals surface area contributed by atoms with E-state index in [0.29, 0.717) is 31.9 Å². The number of rotatable bonds is 4. The summed E-state index contributed by atoms with van der Waals surface area (Å²) in [4.78, 5) is 26.2. The molecule has 10 heteroatoms. The topological polar surface area (TPSA) is 70.1 Å². The number of carbonyl (C=O) groups excluding carboxylic acids is 1. The number of carboxylic acids is 1. The summed E-state index contributed by atoms with van der Waals surface area (Å²) in [6, 6.07) is 3.38. The number of carboxylic acid groups (broad SMARTS) is 1. The van der Waals surface area contributed by atoms with Crippen molar-refractivity contribution in [1.29, 1.82) is 0 Å². The molecule has 27 heavy (non-hydrogen) atoms. The first-order valence-corrected chi connectivity index (χ1v) is 8.63. The Balaban J connectivity index is 2.15. The summed E-state index contributed by atoms with van der Waals surface area (Å²) in [5.41, 5.74) is -1.03. The monoisotopic (exact) mass is 387 g/mol. The van der Waals surface area contributed by atoms with Gasteiger partial charge in [-0.1, -0.05) is 12.1 Å². The van der Waals surface area contributed by atoms with Gasteiger partial charge in [-0.25, -0.2) is 4.79 Å². The van der Waals surface area contributed by atoms with E-state index in [4.69, 9.17) is 9.84 Å². The van der Waals surface area contributed by atoms with E-state index in [9.17, 15) is 22.5 Å². The van der Waals surface area contributed by atoms with Crippen molar-refractivity contribution in [3.8, 4) is 0 Å². The minimum absolute atomic E-state index is 0.101. The maximum Gasteiger partial charge on any atom is 0.509 e. The molecule has 0 aromatic heterocycles. The molecule has 0 bridgehead atoms. The van der Waals surface area contributed by atoms with Gasteiger partial charge < -0.3 is 32.6 Å². The van der Waals surface area contributed by atoms with Crippen molar-refractivity contribution in [2.24, 2.45) is 0 Å². The Bertz CT molecular complexity index is 711. The average molecular weight is 387 g/mol. The average Bonchev–Trinajstić information content (AvgIpc) is 2.51. The second-order valence-corrected chi connectivity index (χ2v) is 7.53. The summed E-state index contributed by atoms with van der Waals surface area (Å²) in [7, 11) is 0. The third kappa shape index (κ3) is 6.08. The zero-order valence-corrected chi connectivity index (χ0v) is 15.5. The van der Waals surface area contributed by atoms with Crippen molar-refractivity contribution < 1.29 is 32.4 Å². The van der Waals surface area contributed by atoms with Gasteiger partial charge in [0, 0.05) is 31.9 Å². The van der Waals surface area contributed by atoms with Crippen LogP contribution in [0.3, 0.4) is 0 Å². The molecule has 0 radical (unpaired) electrons. The molecule has 1 aliphatic heterocycles. The number of anilines is 1. The summed E-state index contributed by atoms with van der Waals surface area (Å²) >= 11 is 0. The molecule has 1 aromatic rings. The van der Waals surface area contributed by atoms with E-state index in [0.717, 1.165) is 12.1 Å². The fourth-order valence-electron chi connectivity index (χ4n) is 2.82. The van der Waals surface area contributed by atoms with Crippen molar-refractivity contribution in [3.63, 3.8) is 0 Å². The molecule has 1 amide bonds. The largest absolute Gasteiger partial charge is 0.509 e. The predicted molar refractivity (Wildman–Crippen MR) is 96.5 cm³/mol. The Kier molecular flexibility index (Phi) is 5.96. The first-order chi connectivity index (χ1) is 12.3. The lowest BCUT2D eigenvalue weighted by molar-refractivity contribution is -0.136. The van der Waals surface area contributed by atoms with Crippen molar-refractivity contribution in [2.75, 3.05) is 31.1 Å². The van der Waals surface area contributed by atoms with Crippen LogP contribution in [-0.4, -0.2) is 60.8 Å². The van der Waals surface area contributed by atoms with E-state index in [1.165, 1.54) is 11.0 Å². The van der Waals surface area contributed by atoms with E-state index in [-0.39, 0.29) is 5.56 Å². The van der Waals surface area contributed by atoms with Crippen LogP contribution in [0.25, 0.3) is 0 Å². The first-order valence-electron chi connectivity index (χ1n) is 8.63. The maximum atomic E-state index is 13.2. The fourth-order valence-corrected chi connectivity index (χ4v) is 2.82. The summed E-state index contributed by atoms with van der Waals surface area (Å²) in [6.07, 6.45) is -0.939. The Hall–Kier alpha value is -2.39. The number of amides is 1. The van der Waals surface area contributed by atoms with E-state index < -0.39 is 36.5 Å². The highest BCUT2D eigenvalue weighted by molar-refractivity contribution is 6.73. The molecule has 1 fully saturated rings. The van der Waals surface area contributed by atoms with Crippen molar-refractivity contribution >= 4 is 30.2 Å². The molecule has 1 N–H and O–H groups in total. The number of halogens is 3. The van der Waals surface area contributed by atoms with Crippen LogP contribution in [0.1, 0.15) is 26.3 Å². The molecule has 150 valence electrons. The van der Waals surface area contributed by atoms with Crippen LogP contribution in [-0.2, 0) is 16.0 Å². The maximum absolute atomic E-state index is 13.2. The highest BCUT2D eigenvalue weighted by Gasteiger charge is 2.29. The lowest BCUT2D eigenvalue weighted by Gasteiger charge is -2.37. The number of ether oxygens (including phenoxy) is 1. The standard InChI is InChI=1S/C17H23BF3N2O4/c1-17(2,3)27-16(26)23-6-4-22(5-7-23)14-9-12(10-15(24)25)8-13(11-14)18(19,20)21/h8-9,11H,4-7,10H2,1-3H3,(H,24,25)/q-1. The molecule has 0 aliphatic carbocycles. The predicted octanol–water partition coefficient (Wildman–Crippen LogP) is 2.43. The van der Waals surface area contributed by atoms with Crippen molar-refractivity contribution in [2.45, 2.75) is 32.8 Å². The van der Waals surface area contributed by atoms with Gasteiger partial charge in [0.2, 0.25) is 0 Å². The number of piperazine rings is 1. The second kappa shape index (κ2) is 7.70. The molecule has 1 heterocycles. The van der Waals surface area contributed by atoms with Crippen LogP contribution in [0.15, 0.2) is 18.2 Å². The molecule has 1 saturated heterocycles. The molecular formula is C17H23BF3N2O4-. The van der Waals surface area contributed by atoms with Crippen LogP contribution in [0.5, 0.6) is 0 Å². The van der Waals surface area contributed by atoms with E-state index in [1.807, 2.05) is 0 Å². The van der Waals surface area contributed by atoms with E-state index in [1.54, 1.807) is 25.7 Å². The molecule has 0 unspecified atom stereocenters. The summed E-state index contributed by atoms with van der Waals surface area (Å²) < 4.78 is 44.9. The Morgan fingerprint density at radius 3 is 2.19 bits per heavy atom. The van der Waals surface area contributed by atoms with Crippen LogP contribution in [0.2, 0.25) is 0 Å². The Labute approximate surface area is 155 Å². The second-order valence-electron chi connectivity index (χ2n) is 7.53. The number of hydrogen-bond donors (Lipinski definition) is 1. The van der Waals surface area contributed by atoms with E-state index in [2.05, 4.69) is 0 Å². The smallest absolute Gasteiger partial charge is 0.481 e. The van der Waals surface area contributed by atoms with E-state index >= 15 is 0 Å². The van der Waals surface area contributed by atoms with Crippen LogP contribution < -0.4 is 10.4 Å². The van der Waals surface area contributed by atoms with Gasteiger partial charge in [0.1, 0.15) is 5.60 Å². The highest BCUT2D eigenvalue weighted by Crippen LogP contribution is 2.22. The third-order valence-corrected chi connectivity index (χ3v) is 4.03. The summed E-state index contributed by atoms with van der Waals surface area (Å²) in [6.45, 7) is 1.32. The molecule has 0 saturated carbocycles. The normalized spacial score (nSPS) is 15.6. The molecule has 0 spiro atoms. The number of aliphatic carboxylic acids is 1.